The molecule has 1 rings (SSSR count). The molecule has 0 radical (unpaired) electrons. The minimum atomic E-state index is 0.434. The molecule has 1 aromatic heterocycles. The third-order valence-corrected chi connectivity index (χ3v) is 1.90. The van der Waals surface area contributed by atoms with E-state index in [0.29, 0.717) is 6.54 Å². The molecule has 11 heavy (non-hydrogen) atoms. The van der Waals surface area contributed by atoms with Crippen molar-refractivity contribution in [2.75, 3.05) is 7.11 Å². The summed E-state index contributed by atoms with van der Waals surface area (Å²) in [6, 6.07) is 1.81. The topological polar surface area (TPSA) is 48.1 Å². The molecule has 0 aromatic carbocycles. The highest BCUT2D eigenvalue weighted by Crippen LogP contribution is 2.23. The molecule has 0 saturated heterocycles. The van der Waals surface area contributed by atoms with Crippen LogP contribution in [-0.2, 0) is 6.54 Å². The highest BCUT2D eigenvalue weighted by Gasteiger charge is 2.00. The third-order valence-electron chi connectivity index (χ3n) is 1.31. The number of methoxy groups -OCH3 is 1. The minimum absolute atomic E-state index is 0.434. The third kappa shape index (κ3) is 1.91. The molecule has 4 heteroatoms. The van der Waals surface area contributed by atoms with Crippen molar-refractivity contribution in [3.63, 3.8) is 0 Å². The van der Waals surface area contributed by atoms with Gasteiger partial charge in [-0.05, 0) is 15.9 Å². The molecule has 1 heterocycles. The number of hydrogen-bond acceptors (Lipinski definition) is 3. The summed E-state index contributed by atoms with van der Waals surface area (Å²) >= 11 is 3.29. The normalized spacial score (nSPS) is 9.73. The van der Waals surface area contributed by atoms with Crippen LogP contribution in [0.15, 0.2) is 16.7 Å². The van der Waals surface area contributed by atoms with Crippen LogP contribution in [0.2, 0.25) is 0 Å². The zero-order chi connectivity index (χ0) is 8.27. The van der Waals surface area contributed by atoms with Crippen LogP contribution < -0.4 is 10.5 Å². The van der Waals surface area contributed by atoms with Gasteiger partial charge < -0.3 is 10.5 Å². The smallest absolute Gasteiger partial charge is 0.136 e. The van der Waals surface area contributed by atoms with E-state index in [1.54, 1.807) is 13.3 Å². The second-order valence-corrected chi connectivity index (χ2v) is 2.87. The van der Waals surface area contributed by atoms with Crippen LogP contribution in [0.25, 0.3) is 0 Å². The Bertz CT molecular complexity index is 252. The van der Waals surface area contributed by atoms with Crippen LogP contribution in [0.5, 0.6) is 5.75 Å². The fourth-order valence-corrected chi connectivity index (χ4v) is 1.11. The van der Waals surface area contributed by atoms with Crippen molar-refractivity contribution >= 4 is 15.9 Å². The van der Waals surface area contributed by atoms with E-state index in [1.165, 1.54) is 0 Å². The lowest BCUT2D eigenvalue weighted by Gasteiger charge is -2.03. The predicted molar refractivity (Wildman–Crippen MR) is 46.4 cm³/mol. The van der Waals surface area contributed by atoms with E-state index in [1.807, 2.05) is 6.07 Å². The Labute approximate surface area is 73.7 Å². The first-order chi connectivity index (χ1) is 5.27. The van der Waals surface area contributed by atoms with Crippen molar-refractivity contribution in [3.05, 3.63) is 22.4 Å². The number of nitrogens with two attached hydrogens (primary N) is 1. The minimum Gasteiger partial charge on any atom is -0.495 e. The van der Waals surface area contributed by atoms with Gasteiger partial charge in [0.05, 0.1) is 17.3 Å². The number of aromatic nitrogens is 1. The predicted octanol–water partition coefficient (Wildman–Crippen LogP) is 1.31. The molecule has 0 saturated carbocycles. The fraction of sp³-hybridized carbons (Fsp3) is 0.286. The Morgan fingerprint density at radius 1 is 1.73 bits per heavy atom. The largest absolute Gasteiger partial charge is 0.495 e. The molecular formula is C7H9BrN2O. The zero-order valence-corrected chi connectivity index (χ0v) is 7.76. The molecule has 0 atom stereocenters. The second kappa shape index (κ2) is 3.69. The molecule has 1 aromatic rings. The van der Waals surface area contributed by atoms with Crippen molar-refractivity contribution < 1.29 is 4.74 Å². The number of nitrogens with zero attached hydrogens (tertiary/aromatic N) is 1. The number of rotatable bonds is 2. The molecule has 2 N–H and O–H groups in total. The molecule has 0 spiro atoms. The Hall–Kier alpha value is -0.610. The monoisotopic (exact) mass is 216 g/mol. The van der Waals surface area contributed by atoms with Crippen LogP contribution in [0.3, 0.4) is 0 Å². The lowest BCUT2D eigenvalue weighted by molar-refractivity contribution is 0.411. The maximum absolute atomic E-state index is 5.39. The van der Waals surface area contributed by atoms with E-state index in [4.69, 9.17) is 10.5 Å². The van der Waals surface area contributed by atoms with E-state index >= 15 is 0 Å². The van der Waals surface area contributed by atoms with Crippen LogP contribution in [-0.4, -0.2) is 12.1 Å². The summed E-state index contributed by atoms with van der Waals surface area (Å²) in [4.78, 5) is 4.05. The molecule has 60 valence electrons. The van der Waals surface area contributed by atoms with E-state index in [-0.39, 0.29) is 0 Å². The van der Waals surface area contributed by atoms with Gasteiger partial charge in [-0.25, -0.2) is 0 Å². The SMILES string of the molecule is COc1cc(CN)ncc1Br. The van der Waals surface area contributed by atoms with Crippen molar-refractivity contribution in [1.82, 2.24) is 4.98 Å². The summed E-state index contributed by atoms with van der Waals surface area (Å²) < 4.78 is 5.89. The standard InChI is InChI=1S/C7H9BrN2O/c1-11-7-2-5(3-9)10-4-6(7)8/h2,4H,3,9H2,1H3. The van der Waals surface area contributed by atoms with Gasteiger partial charge in [0, 0.05) is 18.8 Å². The summed E-state index contributed by atoms with van der Waals surface area (Å²) in [6.45, 7) is 0.434. The van der Waals surface area contributed by atoms with E-state index in [9.17, 15) is 0 Å². The van der Waals surface area contributed by atoms with Crippen LogP contribution in [0.4, 0.5) is 0 Å². The summed E-state index contributed by atoms with van der Waals surface area (Å²) in [5, 5.41) is 0. The first-order valence-electron chi connectivity index (χ1n) is 3.16. The quantitative estimate of drug-likeness (QED) is 0.812. The molecule has 3 nitrogen and oxygen atoms in total. The van der Waals surface area contributed by atoms with Gasteiger partial charge in [0.15, 0.2) is 0 Å². The van der Waals surface area contributed by atoms with Gasteiger partial charge in [0.1, 0.15) is 5.75 Å². The molecule has 0 amide bonds. The highest BCUT2D eigenvalue weighted by molar-refractivity contribution is 9.10. The van der Waals surface area contributed by atoms with Gasteiger partial charge in [-0.2, -0.15) is 0 Å². The lowest BCUT2D eigenvalue weighted by atomic mass is 10.3. The van der Waals surface area contributed by atoms with Crippen molar-refractivity contribution in [1.29, 1.82) is 0 Å². The average molecular weight is 217 g/mol. The lowest BCUT2D eigenvalue weighted by Crippen LogP contribution is -1.99. The Kier molecular flexibility index (Phi) is 2.84. The Balaban J connectivity index is 3.02. The first kappa shape index (κ1) is 8.49. The van der Waals surface area contributed by atoms with Crippen LogP contribution in [0.1, 0.15) is 5.69 Å². The Morgan fingerprint density at radius 2 is 2.45 bits per heavy atom. The second-order valence-electron chi connectivity index (χ2n) is 2.01. The molecule has 0 aliphatic rings. The molecule has 0 aliphatic heterocycles. The van der Waals surface area contributed by atoms with Crippen LogP contribution in [0, 0.1) is 0 Å². The van der Waals surface area contributed by atoms with Crippen molar-refractivity contribution in [3.8, 4) is 5.75 Å². The molecule has 0 bridgehead atoms. The van der Waals surface area contributed by atoms with Crippen molar-refractivity contribution in [2.45, 2.75) is 6.54 Å². The maximum Gasteiger partial charge on any atom is 0.136 e. The highest BCUT2D eigenvalue weighted by atomic mass is 79.9. The van der Waals surface area contributed by atoms with Gasteiger partial charge >= 0.3 is 0 Å². The number of hydrogen-bond donors (Lipinski definition) is 1. The summed E-state index contributed by atoms with van der Waals surface area (Å²) in [5.41, 5.74) is 6.21. The number of ether oxygens (including phenoxy) is 1. The molecule has 0 fully saturated rings. The number of pyridine rings is 1. The summed E-state index contributed by atoms with van der Waals surface area (Å²) in [7, 11) is 1.61. The van der Waals surface area contributed by atoms with Gasteiger partial charge in [0.2, 0.25) is 0 Å². The Morgan fingerprint density at radius 3 is 3.00 bits per heavy atom. The fourth-order valence-electron chi connectivity index (χ4n) is 0.729. The summed E-state index contributed by atoms with van der Waals surface area (Å²) in [6.07, 6.45) is 1.68. The summed E-state index contributed by atoms with van der Waals surface area (Å²) in [5.74, 6) is 0.764. The van der Waals surface area contributed by atoms with Gasteiger partial charge in [-0.1, -0.05) is 0 Å². The zero-order valence-electron chi connectivity index (χ0n) is 6.17. The van der Waals surface area contributed by atoms with E-state index in [0.717, 1.165) is 15.9 Å². The van der Waals surface area contributed by atoms with Gasteiger partial charge in [0.25, 0.3) is 0 Å². The van der Waals surface area contributed by atoms with Crippen molar-refractivity contribution in [2.24, 2.45) is 5.73 Å². The first-order valence-corrected chi connectivity index (χ1v) is 3.95. The van der Waals surface area contributed by atoms with E-state index in [2.05, 4.69) is 20.9 Å². The number of halogens is 1. The van der Waals surface area contributed by atoms with E-state index < -0.39 is 0 Å². The van der Waals surface area contributed by atoms with Crippen LogP contribution >= 0.6 is 15.9 Å². The average Bonchev–Trinajstić information content (AvgIpc) is 2.05. The van der Waals surface area contributed by atoms with Gasteiger partial charge in [-0.3, -0.25) is 4.98 Å². The maximum atomic E-state index is 5.39. The molecular weight excluding hydrogens is 208 g/mol. The molecule has 0 aliphatic carbocycles. The van der Waals surface area contributed by atoms with Gasteiger partial charge in [-0.15, -0.1) is 0 Å². The molecule has 0 unspecified atom stereocenters.